The highest BCUT2D eigenvalue weighted by atomic mass is 32.1. The van der Waals surface area contributed by atoms with Crippen LogP contribution in [0.4, 0.5) is 0 Å². The van der Waals surface area contributed by atoms with Gasteiger partial charge in [0.05, 0.1) is 11.4 Å². The van der Waals surface area contributed by atoms with Crippen molar-refractivity contribution in [2.24, 2.45) is 0 Å². The van der Waals surface area contributed by atoms with Gasteiger partial charge in [0, 0.05) is 22.7 Å². The second-order valence-electron chi connectivity index (χ2n) is 4.38. The van der Waals surface area contributed by atoms with Crippen molar-refractivity contribution in [1.29, 1.82) is 0 Å². The molecule has 0 aliphatic carbocycles. The van der Waals surface area contributed by atoms with E-state index in [0.29, 0.717) is 0 Å². The van der Waals surface area contributed by atoms with E-state index in [4.69, 9.17) is 5.11 Å². The number of aliphatic carboxylic acids is 1. The number of aryl methyl sites for hydroxylation is 1. The standard InChI is InChI=1S/C15H12N2O2S/c1-10-9-17-12(7-8-13(18)19)14(16-15(17)20-10)11-5-3-2-4-6-11/h2-9H,1H3,(H,18,19)/b8-7+. The third kappa shape index (κ3) is 2.23. The minimum Gasteiger partial charge on any atom is -0.478 e. The van der Waals surface area contributed by atoms with E-state index in [2.05, 4.69) is 4.98 Å². The third-order valence-corrected chi connectivity index (χ3v) is 3.81. The topological polar surface area (TPSA) is 54.6 Å². The number of aromatic nitrogens is 2. The average Bonchev–Trinajstić information content (AvgIpc) is 2.93. The Morgan fingerprint density at radius 1 is 1.35 bits per heavy atom. The van der Waals surface area contributed by atoms with Gasteiger partial charge in [-0.25, -0.2) is 9.78 Å². The van der Waals surface area contributed by atoms with Crippen LogP contribution in [0.1, 0.15) is 10.6 Å². The second-order valence-corrected chi connectivity index (χ2v) is 5.59. The largest absolute Gasteiger partial charge is 0.478 e. The van der Waals surface area contributed by atoms with E-state index in [-0.39, 0.29) is 0 Å². The molecule has 0 spiro atoms. The van der Waals surface area contributed by atoms with Gasteiger partial charge in [-0.2, -0.15) is 0 Å². The number of nitrogens with zero attached hydrogens (tertiary/aromatic N) is 2. The molecule has 0 unspecified atom stereocenters. The Hall–Kier alpha value is -2.40. The lowest BCUT2D eigenvalue weighted by molar-refractivity contribution is -0.131. The van der Waals surface area contributed by atoms with Gasteiger partial charge in [0.15, 0.2) is 4.96 Å². The van der Waals surface area contributed by atoms with Crippen molar-refractivity contribution in [3.8, 4) is 11.3 Å². The third-order valence-electron chi connectivity index (χ3n) is 2.91. The summed E-state index contributed by atoms with van der Waals surface area (Å²) in [5.41, 5.74) is 2.57. The average molecular weight is 284 g/mol. The Bertz CT molecular complexity index is 800. The minimum atomic E-state index is -0.967. The molecule has 1 N–H and O–H groups in total. The van der Waals surface area contributed by atoms with Crippen molar-refractivity contribution in [2.75, 3.05) is 0 Å². The molecule has 0 saturated heterocycles. The lowest BCUT2D eigenvalue weighted by Gasteiger charge is -1.99. The predicted octanol–water partition coefficient (Wildman–Crippen LogP) is 3.47. The highest BCUT2D eigenvalue weighted by molar-refractivity contribution is 7.17. The summed E-state index contributed by atoms with van der Waals surface area (Å²) >= 11 is 1.59. The molecule has 2 aromatic heterocycles. The van der Waals surface area contributed by atoms with Crippen molar-refractivity contribution in [2.45, 2.75) is 6.92 Å². The maximum atomic E-state index is 10.8. The summed E-state index contributed by atoms with van der Waals surface area (Å²) in [7, 11) is 0. The summed E-state index contributed by atoms with van der Waals surface area (Å²) < 4.78 is 1.93. The van der Waals surface area contributed by atoms with Crippen LogP contribution in [0, 0.1) is 6.92 Å². The summed E-state index contributed by atoms with van der Waals surface area (Å²) in [6.07, 6.45) is 4.71. The van der Waals surface area contributed by atoms with Crippen molar-refractivity contribution in [1.82, 2.24) is 9.38 Å². The lowest BCUT2D eigenvalue weighted by atomic mass is 10.1. The minimum absolute atomic E-state index is 0.790. The first-order valence-electron chi connectivity index (χ1n) is 6.10. The molecule has 20 heavy (non-hydrogen) atoms. The number of benzene rings is 1. The summed E-state index contributed by atoms with van der Waals surface area (Å²) in [6, 6.07) is 9.77. The van der Waals surface area contributed by atoms with E-state index < -0.39 is 5.97 Å². The summed E-state index contributed by atoms with van der Waals surface area (Å²) in [6.45, 7) is 2.01. The molecule has 1 aromatic carbocycles. The molecule has 0 bridgehead atoms. The molecule has 0 saturated carbocycles. The Morgan fingerprint density at radius 3 is 2.80 bits per heavy atom. The Kier molecular flexibility index (Phi) is 3.12. The van der Waals surface area contributed by atoms with E-state index >= 15 is 0 Å². The Labute approximate surface area is 119 Å². The van der Waals surface area contributed by atoms with E-state index in [0.717, 1.165) is 32.9 Å². The van der Waals surface area contributed by atoms with Gasteiger partial charge in [0.25, 0.3) is 0 Å². The molecule has 0 radical (unpaired) electrons. The molecular weight excluding hydrogens is 272 g/mol. The number of hydrogen-bond donors (Lipinski definition) is 1. The van der Waals surface area contributed by atoms with Gasteiger partial charge in [0.2, 0.25) is 0 Å². The molecule has 4 nitrogen and oxygen atoms in total. The number of hydrogen-bond acceptors (Lipinski definition) is 3. The highest BCUT2D eigenvalue weighted by Gasteiger charge is 2.13. The Balaban J connectivity index is 2.23. The van der Waals surface area contributed by atoms with Gasteiger partial charge >= 0.3 is 5.97 Å². The van der Waals surface area contributed by atoms with Crippen LogP contribution in [0.5, 0.6) is 0 Å². The first-order chi connectivity index (χ1) is 9.65. The number of fused-ring (bicyclic) bond motifs is 1. The molecule has 3 rings (SSSR count). The van der Waals surface area contributed by atoms with Crippen LogP contribution in [0.25, 0.3) is 22.3 Å². The zero-order valence-corrected chi connectivity index (χ0v) is 11.6. The van der Waals surface area contributed by atoms with Crippen LogP contribution in [0.15, 0.2) is 42.6 Å². The van der Waals surface area contributed by atoms with Crippen LogP contribution in [-0.4, -0.2) is 20.5 Å². The monoisotopic (exact) mass is 284 g/mol. The molecule has 0 aliphatic heterocycles. The SMILES string of the molecule is Cc1cn2c(/C=C/C(=O)O)c(-c3ccccc3)nc2s1. The van der Waals surface area contributed by atoms with Crippen LogP contribution < -0.4 is 0 Å². The van der Waals surface area contributed by atoms with Crippen LogP contribution in [0.3, 0.4) is 0 Å². The van der Waals surface area contributed by atoms with Gasteiger partial charge in [-0.3, -0.25) is 4.40 Å². The smallest absolute Gasteiger partial charge is 0.328 e. The van der Waals surface area contributed by atoms with E-state index in [9.17, 15) is 4.79 Å². The number of imidazole rings is 1. The lowest BCUT2D eigenvalue weighted by Crippen LogP contribution is -1.89. The quantitative estimate of drug-likeness (QED) is 0.749. The molecule has 0 fully saturated rings. The fourth-order valence-corrected chi connectivity index (χ4v) is 2.92. The van der Waals surface area contributed by atoms with Crippen molar-refractivity contribution >= 4 is 28.3 Å². The van der Waals surface area contributed by atoms with Crippen molar-refractivity contribution < 1.29 is 9.90 Å². The molecule has 100 valence electrons. The van der Waals surface area contributed by atoms with Crippen molar-refractivity contribution in [3.63, 3.8) is 0 Å². The number of carboxylic acids is 1. The van der Waals surface area contributed by atoms with Crippen molar-refractivity contribution in [3.05, 3.63) is 53.2 Å². The van der Waals surface area contributed by atoms with Gasteiger partial charge in [-0.1, -0.05) is 30.3 Å². The maximum absolute atomic E-state index is 10.8. The second kappa shape index (κ2) is 4.94. The summed E-state index contributed by atoms with van der Waals surface area (Å²) in [5, 5.41) is 8.84. The van der Waals surface area contributed by atoms with Gasteiger partial charge in [-0.05, 0) is 13.0 Å². The highest BCUT2D eigenvalue weighted by Crippen LogP contribution is 2.29. The van der Waals surface area contributed by atoms with E-state index in [1.807, 2.05) is 47.9 Å². The molecule has 3 aromatic rings. The molecule has 0 aliphatic rings. The molecule has 2 heterocycles. The normalized spacial score (nSPS) is 11.4. The molecule has 5 heteroatoms. The number of carboxylic acid groups (broad SMARTS) is 1. The van der Waals surface area contributed by atoms with Crippen LogP contribution in [0.2, 0.25) is 0 Å². The number of carbonyl (C=O) groups is 1. The molecule has 0 amide bonds. The predicted molar refractivity (Wildman–Crippen MR) is 79.9 cm³/mol. The fourth-order valence-electron chi connectivity index (χ4n) is 2.09. The summed E-state index contributed by atoms with van der Waals surface area (Å²) in [5.74, 6) is -0.967. The Morgan fingerprint density at radius 2 is 2.10 bits per heavy atom. The van der Waals surface area contributed by atoms with Crippen LogP contribution in [-0.2, 0) is 4.79 Å². The zero-order valence-electron chi connectivity index (χ0n) is 10.8. The van der Waals surface area contributed by atoms with Crippen LogP contribution >= 0.6 is 11.3 Å². The number of thiazole rings is 1. The first kappa shape index (κ1) is 12.6. The molecule has 0 atom stereocenters. The first-order valence-corrected chi connectivity index (χ1v) is 6.92. The molecular formula is C15H12N2O2S. The number of rotatable bonds is 3. The van der Waals surface area contributed by atoms with Gasteiger partial charge in [-0.15, -0.1) is 11.3 Å². The van der Waals surface area contributed by atoms with Gasteiger partial charge in [0.1, 0.15) is 0 Å². The van der Waals surface area contributed by atoms with E-state index in [1.165, 1.54) is 0 Å². The van der Waals surface area contributed by atoms with Gasteiger partial charge < -0.3 is 5.11 Å². The zero-order chi connectivity index (χ0) is 14.1. The maximum Gasteiger partial charge on any atom is 0.328 e. The summed E-state index contributed by atoms with van der Waals surface area (Å²) in [4.78, 5) is 17.4. The fraction of sp³-hybridized carbons (Fsp3) is 0.0667. The van der Waals surface area contributed by atoms with E-state index in [1.54, 1.807) is 17.4 Å².